The van der Waals surface area contributed by atoms with Crippen LogP contribution in [0.1, 0.15) is 11.1 Å². The van der Waals surface area contributed by atoms with Crippen LogP contribution in [-0.4, -0.2) is 20.1 Å². The number of hydrogen-bond donors (Lipinski definition) is 1. The van der Waals surface area contributed by atoms with Crippen LogP contribution in [0.4, 0.5) is 0 Å². The maximum Gasteiger partial charge on any atom is 0.221 e. The molecule has 0 unspecified atom stereocenters. The standard InChI is InChI=1S/C12H15NO3/c1-15-10-5-7-3-9(12(13)14)4-8(7)6-11(10)16-2/h5-6,9H,3-4H2,1-2H3,(H2,13,14). The van der Waals surface area contributed by atoms with Gasteiger partial charge in [0.25, 0.3) is 0 Å². The van der Waals surface area contributed by atoms with Gasteiger partial charge >= 0.3 is 0 Å². The lowest BCUT2D eigenvalue weighted by atomic mass is 10.1. The van der Waals surface area contributed by atoms with Crippen molar-refractivity contribution in [2.75, 3.05) is 14.2 Å². The van der Waals surface area contributed by atoms with Gasteiger partial charge in [0, 0.05) is 5.92 Å². The fourth-order valence-electron chi connectivity index (χ4n) is 2.15. The van der Waals surface area contributed by atoms with Gasteiger partial charge in [0.2, 0.25) is 5.91 Å². The first-order valence-corrected chi connectivity index (χ1v) is 5.18. The summed E-state index contributed by atoms with van der Waals surface area (Å²) in [6.45, 7) is 0. The molecule has 0 fully saturated rings. The number of hydrogen-bond acceptors (Lipinski definition) is 3. The zero-order chi connectivity index (χ0) is 11.7. The van der Waals surface area contributed by atoms with Gasteiger partial charge in [0.05, 0.1) is 14.2 Å². The number of primary amides is 1. The lowest BCUT2D eigenvalue weighted by Crippen LogP contribution is -2.23. The summed E-state index contributed by atoms with van der Waals surface area (Å²) in [6.07, 6.45) is 1.40. The molecule has 16 heavy (non-hydrogen) atoms. The molecule has 1 aliphatic carbocycles. The molecule has 1 aliphatic rings. The molecule has 0 saturated carbocycles. The quantitative estimate of drug-likeness (QED) is 0.825. The largest absolute Gasteiger partial charge is 0.493 e. The zero-order valence-corrected chi connectivity index (χ0v) is 9.45. The van der Waals surface area contributed by atoms with Crippen LogP contribution >= 0.6 is 0 Å². The summed E-state index contributed by atoms with van der Waals surface area (Å²) in [7, 11) is 3.20. The Morgan fingerprint density at radius 3 is 1.94 bits per heavy atom. The summed E-state index contributed by atoms with van der Waals surface area (Å²) in [5.41, 5.74) is 7.57. The van der Waals surface area contributed by atoms with E-state index in [9.17, 15) is 4.79 Å². The van der Waals surface area contributed by atoms with Crippen molar-refractivity contribution in [1.29, 1.82) is 0 Å². The lowest BCUT2D eigenvalue weighted by Gasteiger charge is -2.09. The van der Waals surface area contributed by atoms with Crippen LogP contribution in [-0.2, 0) is 17.6 Å². The van der Waals surface area contributed by atoms with Gasteiger partial charge in [-0.15, -0.1) is 0 Å². The molecule has 0 bridgehead atoms. The third-order valence-electron chi connectivity index (χ3n) is 3.04. The fraction of sp³-hybridized carbons (Fsp3) is 0.417. The van der Waals surface area contributed by atoms with Gasteiger partial charge in [-0.05, 0) is 36.1 Å². The Hall–Kier alpha value is -1.71. The number of ether oxygens (including phenoxy) is 2. The highest BCUT2D eigenvalue weighted by Crippen LogP contribution is 2.36. The van der Waals surface area contributed by atoms with E-state index in [-0.39, 0.29) is 11.8 Å². The van der Waals surface area contributed by atoms with Crippen molar-refractivity contribution in [3.8, 4) is 11.5 Å². The molecule has 4 heteroatoms. The van der Waals surface area contributed by atoms with Crippen LogP contribution in [0.2, 0.25) is 0 Å². The number of rotatable bonds is 3. The maximum atomic E-state index is 11.1. The van der Waals surface area contributed by atoms with Gasteiger partial charge < -0.3 is 15.2 Å². The van der Waals surface area contributed by atoms with Gasteiger partial charge in [-0.3, -0.25) is 4.79 Å². The first kappa shape index (κ1) is 10.8. The number of benzene rings is 1. The van der Waals surface area contributed by atoms with Gasteiger partial charge in [-0.25, -0.2) is 0 Å². The van der Waals surface area contributed by atoms with Crippen molar-refractivity contribution in [2.24, 2.45) is 11.7 Å². The van der Waals surface area contributed by atoms with Crippen LogP contribution in [0.3, 0.4) is 0 Å². The average Bonchev–Trinajstić information content (AvgIpc) is 2.69. The molecule has 1 amide bonds. The molecule has 0 aromatic heterocycles. The molecule has 2 rings (SSSR count). The van der Waals surface area contributed by atoms with Gasteiger partial charge in [-0.2, -0.15) is 0 Å². The number of carbonyl (C=O) groups is 1. The van der Waals surface area contributed by atoms with Crippen molar-refractivity contribution in [2.45, 2.75) is 12.8 Å². The van der Waals surface area contributed by atoms with Crippen LogP contribution in [0, 0.1) is 5.92 Å². The van der Waals surface area contributed by atoms with E-state index >= 15 is 0 Å². The Kier molecular flexibility index (Phi) is 2.73. The molecule has 86 valence electrons. The Morgan fingerprint density at radius 1 is 1.19 bits per heavy atom. The second-order valence-corrected chi connectivity index (χ2v) is 3.98. The topological polar surface area (TPSA) is 61.6 Å². The van der Waals surface area contributed by atoms with Crippen molar-refractivity contribution in [3.63, 3.8) is 0 Å². The molecule has 0 radical (unpaired) electrons. The van der Waals surface area contributed by atoms with Crippen LogP contribution in [0.15, 0.2) is 12.1 Å². The van der Waals surface area contributed by atoms with E-state index in [2.05, 4.69) is 0 Å². The zero-order valence-electron chi connectivity index (χ0n) is 9.45. The predicted molar refractivity (Wildman–Crippen MR) is 59.6 cm³/mol. The van der Waals surface area contributed by atoms with E-state index in [4.69, 9.17) is 15.2 Å². The van der Waals surface area contributed by atoms with E-state index in [0.717, 1.165) is 11.1 Å². The van der Waals surface area contributed by atoms with Crippen LogP contribution < -0.4 is 15.2 Å². The molecule has 0 saturated heterocycles. The minimum atomic E-state index is -0.242. The normalized spacial score (nSPS) is 14.6. The first-order valence-electron chi connectivity index (χ1n) is 5.18. The molecule has 2 N–H and O–H groups in total. The Labute approximate surface area is 94.3 Å². The summed E-state index contributed by atoms with van der Waals surface area (Å²) < 4.78 is 10.4. The van der Waals surface area contributed by atoms with Crippen molar-refractivity contribution < 1.29 is 14.3 Å². The van der Waals surface area contributed by atoms with E-state index in [1.165, 1.54) is 0 Å². The SMILES string of the molecule is COc1cc2c(cc1OC)CC(C(N)=O)C2. The summed E-state index contributed by atoms with van der Waals surface area (Å²) in [5, 5.41) is 0. The Balaban J connectivity index is 2.36. The number of amides is 1. The molecule has 1 aromatic rings. The third kappa shape index (κ3) is 1.71. The number of methoxy groups -OCH3 is 2. The maximum absolute atomic E-state index is 11.1. The smallest absolute Gasteiger partial charge is 0.221 e. The molecule has 0 atom stereocenters. The Morgan fingerprint density at radius 2 is 1.62 bits per heavy atom. The third-order valence-corrected chi connectivity index (χ3v) is 3.04. The van der Waals surface area contributed by atoms with Gasteiger partial charge in [0.15, 0.2) is 11.5 Å². The van der Waals surface area contributed by atoms with Crippen molar-refractivity contribution in [1.82, 2.24) is 0 Å². The van der Waals surface area contributed by atoms with Crippen LogP contribution in [0.5, 0.6) is 11.5 Å². The number of carbonyl (C=O) groups excluding carboxylic acids is 1. The second-order valence-electron chi connectivity index (χ2n) is 3.98. The second kappa shape index (κ2) is 4.04. The monoisotopic (exact) mass is 221 g/mol. The lowest BCUT2D eigenvalue weighted by molar-refractivity contribution is -0.121. The molecular weight excluding hydrogens is 206 g/mol. The minimum Gasteiger partial charge on any atom is -0.493 e. The van der Waals surface area contributed by atoms with Crippen molar-refractivity contribution in [3.05, 3.63) is 23.3 Å². The highest BCUT2D eigenvalue weighted by Gasteiger charge is 2.27. The van der Waals surface area contributed by atoms with Crippen LogP contribution in [0.25, 0.3) is 0 Å². The molecular formula is C12H15NO3. The summed E-state index contributed by atoms with van der Waals surface area (Å²) in [4.78, 5) is 11.1. The summed E-state index contributed by atoms with van der Waals surface area (Å²) >= 11 is 0. The number of nitrogens with two attached hydrogens (primary N) is 1. The van der Waals surface area contributed by atoms with Crippen molar-refractivity contribution >= 4 is 5.91 Å². The van der Waals surface area contributed by atoms with E-state index in [1.807, 2.05) is 12.1 Å². The van der Waals surface area contributed by atoms with E-state index in [1.54, 1.807) is 14.2 Å². The van der Waals surface area contributed by atoms with E-state index < -0.39 is 0 Å². The predicted octanol–water partition coefficient (Wildman–Crippen LogP) is 0.904. The summed E-state index contributed by atoms with van der Waals surface area (Å²) in [5.74, 6) is 1.07. The molecule has 4 nitrogen and oxygen atoms in total. The average molecular weight is 221 g/mol. The number of fused-ring (bicyclic) bond motifs is 1. The first-order chi connectivity index (χ1) is 7.65. The molecule has 0 spiro atoms. The molecule has 0 aliphatic heterocycles. The van der Waals surface area contributed by atoms with Gasteiger partial charge in [-0.1, -0.05) is 0 Å². The Bertz CT molecular complexity index is 396. The summed E-state index contributed by atoms with van der Waals surface area (Å²) in [6, 6.07) is 3.86. The molecule has 0 heterocycles. The minimum absolute atomic E-state index is 0.0909. The van der Waals surface area contributed by atoms with Gasteiger partial charge in [0.1, 0.15) is 0 Å². The van der Waals surface area contributed by atoms with E-state index in [0.29, 0.717) is 24.3 Å². The highest BCUT2D eigenvalue weighted by molar-refractivity contribution is 5.78. The highest BCUT2D eigenvalue weighted by atomic mass is 16.5. The molecule has 1 aromatic carbocycles. The fourth-order valence-corrected chi connectivity index (χ4v) is 2.15.